The van der Waals surface area contributed by atoms with Crippen LogP contribution in [-0.2, 0) is 26.2 Å². The molecule has 0 aliphatic rings. The number of amides is 2. The normalized spacial score (nSPS) is 11.9. The second-order valence-corrected chi connectivity index (χ2v) is 10.7. The van der Waals surface area contributed by atoms with E-state index in [1.807, 2.05) is 0 Å². The summed E-state index contributed by atoms with van der Waals surface area (Å²) < 4.78 is 33.6. The summed E-state index contributed by atoms with van der Waals surface area (Å²) in [6.07, 6.45) is 0. The highest BCUT2D eigenvalue weighted by molar-refractivity contribution is 7.92. The van der Waals surface area contributed by atoms with Crippen LogP contribution < -0.4 is 14.4 Å². The molecule has 8 nitrogen and oxygen atoms in total. The van der Waals surface area contributed by atoms with Gasteiger partial charge in [0.15, 0.2) is 0 Å². The zero-order chi connectivity index (χ0) is 27.2. The van der Waals surface area contributed by atoms with Crippen LogP contribution in [0.15, 0.2) is 77.7 Å². The summed E-state index contributed by atoms with van der Waals surface area (Å²) in [6.45, 7) is 2.95. The Labute approximate surface area is 222 Å². The predicted molar refractivity (Wildman–Crippen MR) is 144 cm³/mol. The molecule has 0 aliphatic carbocycles. The van der Waals surface area contributed by atoms with Crippen molar-refractivity contribution in [1.82, 2.24) is 10.2 Å². The third-order valence-electron chi connectivity index (χ3n) is 5.98. The van der Waals surface area contributed by atoms with Gasteiger partial charge in [-0.2, -0.15) is 0 Å². The molecule has 0 fully saturated rings. The lowest BCUT2D eigenvalue weighted by atomic mass is 10.1. The molecule has 0 aromatic heterocycles. The molecule has 0 aliphatic heterocycles. The minimum absolute atomic E-state index is 0.0283. The fourth-order valence-corrected chi connectivity index (χ4v) is 5.31. The second-order valence-electron chi connectivity index (χ2n) is 8.42. The molecule has 0 unspecified atom stereocenters. The van der Waals surface area contributed by atoms with Crippen molar-refractivity contribution in [2.75, 3.05) is 25.0 Å². The number of likely N-dealkylation sites (N-methyl/N-ethyl adjacent to an activating group) is 1. The number of benzene rings is 3. The number of carbonyl (C=O) groups excluding carboxylic acids is 2. The van der Waals surface area contributed by atoms with Gasteiger partial charge in [-0.05, 0) is 61.4 Å². The van der Waals surface area contributed by atoms with Gasteiger partial charge in [0, 0.05) is 18.6 Å². The van der Waals surface area contributed by atoms with Crippen LogP contribution in [-0.4, -0.2) is 51.9 Å². The van der Waals surface area contributed by atoms with Gasteiger partial charge in [-0.25, -0.2) is 8.42 Å². The summed E-state index contributed by atoms with van der Waals surface area (Å²) in [7, 11) is -1.10. The van der Waals surface area contributed by atoms with Crippen LogP contribution in [0.1, 0.15) is 18.1 Å². The number of anilines is 1. The molecule has 3 rings (SSSR count). The number of nitrogens with zero attached hydrogens (tertiary/aromatic N) is 2. The van der Waals surface area contributed by atoms with E-state index in [0.29, 0.717) is 10.8 Å². The van der Waals surface area contributed by atoms with Gasteiger partial charge < -0.3 is 15.0 Å². The highest BCUT2D eigenvalue weighted by Crippen LogP contribution is 2.28. The van der Waals surface area contributed by atoms with E-state index in [-0.39, 0.29) is 23.0 Å². The highest BCUT2D eigenvalue weighted by Gasteiger charge is 2.32. The zero-order valence-electron chi connectivity index (χ0n) is 21.1. The van der Waals surface area contributed by atoms with Crippen molar-refractivity contribution in [3.05, 3.63) is 88.9 Å². The van der Waals surface area contributed by atoms with Gasteiger partial charge in [0.1, 0.15) is 18.3 Å². The zero-order valence-corrected chi connectivity index (χ0v) is 22.7. The lowest BCUT2D eigenvalue weighted by molar-refractivity contribution is -0.139. The summed E-state index contributed by atoms with van der Waals surface area (Å²) in [4.78, 5) is 27.6. The smallest absolute Gasteiger partial charge is 0.264 e. The van der Waals surface area contributed by atoms with E-state index in [4.69, 9.17) is 16.3 Å². The number of halogens is 1. The third kappa shape index (κ3) is 6.61. The number of aryl methyl sites for hydroxylation is 1. The maximum atomic E-state index is 13.7. The highest BCUT2D eigenvalue weighted by atomic mass is 35.5. The Bertz CT molecular complexity index is 1350. The van der Waals surface area contributed by atoms with Crippen molar-refractivity contribution in [2.24, 2.45) is 0 Å². The summed E-state index contributed by atoms with van der Waals surface area (Å²) in [5.74, 6) is -0.279. The summed E-state index contributed by atoms with van der Waals surface area (Å²) in [6, 6.07) is 18.9. The molecule has 2 amide bonds. The molecule has 0 heterocycles. The van der Waals surface area contributed by atoms with E-state index in [1.165, 1.54) is 30.1 Å². The van der Waals surface area contributed by atoms with Crippen LogP contribution in [0.5, 0.6) is 5.75 Å². The Morgan fingerprint density at radius 2 is 1.68 bits per heavy atom. The van der Waals surface area contributed by atoms with Crippen LogP contribution in [0.4, 0.5) is 5.69 Å². The fourth-order valence-electron chi connectivity index (χ4n) is 3.70. The number of carbonyl (C=O) groups is 2. The van der Waals surface area contributed by atoms with Gasteiger partial charge in [0.2, 0.25) is 11.8 Å². The Morgan fingerprint density at radius 1 is 1.03 bits per heavy atom. The van der Waals surface area contributed by atoms with E-state index >= 15 is 0 Å². The first-order valence-corrected chi connectivity index (χ1v) is 13.4. The van der Waals surface area contributed by atoms with E-state index in [9.17, 15) is 18.0 Å². The standard InChI is InChI=1S/C27H30ClN3O5S/c1-19-10-13-22(16-25(19)28)31(37(34,35)24-8-6-5-7-9-24)18-26(32)30(20(2)27(33)29-3)17-21-11-14-23(36-4)15-12-21/h5-16,20H,17-18H2,1-4H3,(H,29,33)/t20-/m0/s1. The number of hydrogen-bond acceptors (Lipinski definition) is 5. The first-order chi connectivity index (χ1) is 17.6. The second kappa shape index (κ2) is 12.1. The van der Waals surface area contributed by atoms with Gasteiger partial charge >= 0.3 is 0 Å². The molecule has 0 radical (unpaired) electrons. The first kappa shape index (κ1) is 28.0. The van der Waals surface area contributed by atoms with E-state index in [2.05, 4.69) is 5.32 Å². The maximum absolute atomic E-state index is 13.7. The number of methoxy groups -OCH3 is 1. The Hall–Kier alpha value is -3.56. The van der Waals surface area contributed by atoms with Crippen molar-refractivity contribution in [2.45, 2.75) is 31.3 Å². The molecule has 0 saturated carbocycles. The topological polar surface area (TPSA) is 96.0 Å². The number of ether oxygens (including phenoxy) is 1. The number of rotatable bonds is 10. The van der Waals surface area contributed by atoms with Gasteiger partial charge in [-0.1, -0.05) is 48.0 Å². The predicted octanol–water partition coefficient (Wildman–Crippen LogP) is 4.02. The van der Waals surface area contributed by atoms with Crippen LogP contribution in [0, 0.1) is 6.92 Å². The minimum atomic E-state index is -4.14. The first-order valence-electron chi connectivity index (χ1n) is 11.6. The molecule has 3 aromatic carbocycles. The molecular weight excluding hydrogens is 514 g/mol. The van der Waals surface area contributed by atoms with Gasteiger partial charge in [-0.15, -0.1) is 0 Å². The molecule has 37 heavy (non-hydrogen) atoms. The third-order valence-corrected chi connectivity index (χ3v) is 8.17. The van der Waals surface area contributed by atoms with Crippen LogP contribution in [0.25, 0.3) is 0 Å². The van der Waals surface area contributed by atoms with Gasteiger partial charge in [0.25, 0.3) is 10.0 Å². The Balaban J connectivity index is 2.03. The molecule has 1 N–H and O–H groups in total. The molecule has 196 valence electrons. The molecule has 0 spiro atoms. The average molecular weight is 544 g/mol. The van der Waals surface area contributed by atoms with Crippen LogP contribution >= 0.6 is 11.6 Å². The Morgan fingerprint density at radius 3 is 2.24 bits per heavy atom. The number of nitrogens with one attached hydrogen (secondary N) is 1. The molecule has 0 bridgehead atoms. The van der Waals surface area contributed by atoms with Gasteiger partial charge in [0.05, 0.1) is 17.7 Å². The largest absolute Gasteiger partial charge is 0.497 e. The van der Waals surface area contributed by atoms with Crippen molar-refractivity contribution in [1.29, 1.82) is 0 Å². The van der Waals surface area contributed by atoms with Gasteiger partial charge in [-0.3, -0.25) is 13.9 Å². The summed E-state index contributed by atoms with van der Waals surface area (Å²) in [5, 5.41) is 2.92. The van der Waals surface area contributed by atoms with E-state index in [0.717, 1.165) is 15.4 Å². The fraction of sp³-hybridized carbons (Fsp3) is 0.259. The molecular formula is C27H30ClN3O5S. The lowest BCUT2D eigenvalue weighted by Gasteiger charge is -2.32. The summed E-state index contributed by atoms with van der Waals surface area (Å²) in [5.41, 5.74) is 1.76. The number of hydrogen-bond donors (Lipinski definition) is 1. The molecule has 10 heteroatoms. The average Bonchev–Trinajstić information content (AvgIpc) is 2.91. The van der Waals surface area contributed by atoms with Crippen LogP contribution in [0.2, 0.25) is 5.02 Å². The monoisotopic (exact) mass is 543 g/mol. The lowest BCUT2D eigenvalue weighted by Crippen LogP contribution is -2.50. The van der Waals surface area contributed by atoms with Crippen molar-refractivity contribution >= 4 is 39.1 Å². The van der Waals surface area contributed by atoms with Crippen molar-refractivity contribution in [3.63, 3.8) is 0 Å². The maximum Gasteiger partial charge on any atom is 0.264 e. The van der Waals surface area contributed by atoms with E-state index in [1.54, 1.807) is 75.6 Å². The van der Waals surface area contributed by atoms with Crippen LogP contribution in [0.3, 0.4) is 0 Å². The van der Waals surface area contributed by atoms with E-state index < -0.39 is 28.5 Å². The van der Waals surface area contributed by atoms with Crippen molar-refractivity contribution in [3.8, 4) is 5.75 Å². The Kier molecular flexibility index (Phi) is 9.18. The quantitative estimate of drug-likeness (QED) is 0.417. The summed E-state index contributed by atoms with van der Waals surface area (Å²) >= 11 is 6.32. The molecule has 3 aromatic rings. The molecule has 0 saturated heterocycles. The molecule has 1 atom stereocenters. The SMILES string of the molecule is CNC(=O)[C@H](C)N(Cc1ccc(OC)cc1)C(=O)CN(c1ccc(C)c(Cl)c1)S(=O)(=O)c1ccccc1. The number of sulfonamides is 1. The minimum Gasteiger partial charge on any atom is -0.497 e. The van der Waals surface area contributed by atoms with Crippen molar-refractivity contribution < 1.29 is 22.7 Å².